The van der Waals surface area contributed by atoms with Crippen molar-refractivity contribution < 1.29 is 14.3 Å². The SMILES string of the molecule is CCOc1ccc(N2CC(=O)N3CCC[C@@H](c4ccccc4)N3C(=O)C2)cc1. The van der Waals surface area contributed by atoms with Crippen LogP contribution >= 0.6 is 0 Å². The topological polar surface area (TPSA) is 53.1 Å². The second-order valence-corrected chi connectivity index (χ2v) is 7.11. The van der Waals surface area contributed by atoms with E-state index in [2.05, 4.69) is 0 Å². The van der Waals surface area contributed by atoms with Gasteiger partial charge in [0.1, 0.15) is 5.75 Å². The Balaban J connectivity index is 1.60. The molecule has 28 heavy (non-hydrogen) atoms. The zero-order chi connectivity index (χ0) is 19.5. The van der Waals surface area contributed by atoms with Crippen molar-refractivity contribution in [2.75, 3.05) is 31.1 Å². The first-order chi connectivity index (χ1) is 13.7. The third-order valence-corrected chi connectivity index (χ3v) is 5.30. The van der Waals surface area contributed by atoms with Gasteiger partial charge in [0.15, 0.2) is 0 Å². The smallest absolute Gasteiger partial charge is 0.261 e. The van der Waals surface area contributed by atoms with E-state index in [0.717, 1.165) is 29.8 Å². The lowest BCUT2D eigenvalue weighted by Crippen LogP contribution is -2.54. The Morgan fingerprint density at radius 1 is 0.964 bits per heavy atom. The lowest BCUT2D eigenvalue weighted by molar-refractivity contribution is -0.171. The van der Waals surface area contributed by atoms with Crippen LogP contribution in [-0.2, 0) is 9.59 Å². The second kappa shape index (κ2) is 7.92. The highest BCUT2D eigenvalue weighted by Crippen LogP contribution is 2.33. The molecule has 0 N–H and O–H groups in total. The summed E-state index contributed by atoms with van der Waals surface area (Å²) in [6.07, 6.45) is 1.75. The maximum atomic E-state index is 13.2. The normalized spacial score (nSPS) is 20.0. The van der Waals surface area contributed by atoms with E-state index < -0.39 is 0 Å². The first kappa shape index (κ1) is 18.3. The maximum Gasteiger partial charge on any atom is 0.261 e. The molecule has 2 amide bonds. The number of benzene rings is 2. The van der Waals surface area contributed by atoms with E-state index in [4.69, 9.17) is 4.74 Å². The van der Waals surface area contributed by atoms with Crippen molar-refractivity contribution in [2.45, 2.75) is 25.8 Å². The van der Waals surface area contributed by atoms with Crippen LogP contribution in [0, 0.1) is 0 Å². The standard InChI is InChI=1S/C22H25N3O3/c1-2-28-19-12-10-18(11-13-19)23-15-21(26)24-14-6-9-20(25(24)22(27)16-23)17-7-4-3-5-8-17/h3-5,7-8,10-13,20H,2,6,9,14-16H2,1H3/t20-/m0/s1. The summed E-state index contributed by atoms with van der Waals surface area (Å²) in [6, 6.07) is 17.4. The molecule has 0 saturated carbocycles. The van der Waals surface area contributed by atoms with Crippen LogP contribution in [-0.4, -0.2) is 48.1 Å². The molecule has 2 heterocycles. The summed E-state index contributed by atoms with van der Waals surface area (Å²) in [4.78, 5) is 28.0. The number of nitrogens with zero attached hydrogens (tertiary/aromatic N) is 3. The van der Waals surface area contributed by atoms with Crippen molar-refractivity contribution in [1.82, 2.24) is 10.0 Å². The van der Waals surface area contributed by atoms with Crippen LogP contribution in [0.3, 0.4) is 0 Å². The van der Waals surface area contributed by atoms with Gasteiger partial charge in [-0.3, -0.25) is 9.59 Å². The summed E-state index contributed by atoms with van der Waals surface area (Å²) in [5.74, 6) is 0.692. The molecular formula is C22H25N3O3. The van der Waals surface area contributed by atoms with Gasteiger partial charge in [-0.05, 0) is 49.6 Å². The average molecular weight is 379 g/mol. The minimum absolute atomic E-state index is 0.0413. The van der Waals surface area contributed by atoms with Crippen molar-refractivity contribution in [3.8, 4) is 5.75 Å². The molecule has 0 radical (unpaired) electrons. The molecule has 2 aliphatic heterocycles. The fourth-order valence-corrected chi connectivity index (χ4v) is 4.01. The van der Waals surface area contributed by atoms with Gasteiger partial charge < -0.3 is 9.64 Å². The van der Waals surface area contributed by atoms with Crippen molar-refractivity contribution in [1.29, 1.82) is 0 Å². The number of hydrazine groups is 1. The van der Waals surface area contributed by atoms with Crippen LogP contribution in [0.5, 0.6) is 5.75 Å². The van der Waals surface area contributed by atoms with Crippen LogP contribution in [0.15, 0.2) is 54.6 Å². The predicted octanol–water partition coefficient (Wildman–Crippen LogP) is 3.01. The van der Waals surface area contributed by atoms with E-state index in [-0.39, 0.29) is 30.9 Å². The summed E-state index contributed by atoms with van der Waals surface area (Å²) in [7, 11) is 0. The molecule has 1 atom stereocenters. The number of amides is 2. The summed E-state index contributed by atoms with van der Waals surface area (Å²) in [6.45, 7) is 3.50. The van der Waals surface area contributed by atoms with Crippen molar-refractivity contribution in [3.63, 3.8) is 0 Å². The Labute approximate surface area is 165 Å². The fourth-order valence-electron chi connectivity index (χ4n) is 4.01. The Kier molecular flexibility index (Phi) is 5.19. The highest BCUT2D eigenvalue weighted by molar-refractivity contribution is 5.91. The molecule has 0 aliphatic carbocycles. The number of anilines is 1. The van der Waals surface area contributed by atoms with Gasteiger partial charge in [-0.15, -0.1) is 0 Å². The minimum atomic E-state index is -0.0910. The van der Waals surface area contributed by atoms with E-state index in [1.165, 1.54) is 0 Å². The molecule has 4 rings (SSSR count). The maximum absolute atomic E-state index is 13.2. The van der Waals surface area contributed by atoms with Gasteiger partial charge in [0.2, 0.25) is 0 Å². The molecule has 2 aromatic rings. The van der Waals surface area contributed by atoms with Gasteiger partial charge in [-0.2, -0.15) is 0 Å². The summed E-state index contributed by atoms with van der Waals surface area (Å²) in [5.41, 5.74) is 1.92. The molecule has 0 bridgehead atoms. The van der Waals surface area contributed by atoms with E-state index in [0.29, 0.717) is 13.2 Å². The summed E-state index contributed by atoms with van der Waals surface area (Å²) < 4.78 is 5.49. The molecule has 0 unspecified atom stereocenters. The third-order valence-electron chi connectivity index (χ3n) is 5.30. The fraction of sp³-hybridized carbons (Fsp3) is 0.364. The number of carbonyl (C=O) groups is 2. The van der Waals surface area contributed by atoms with Gasteiger partial charge in [0.25, 0.3) is 11.8 Å². The van der Waals surface area contributed by atoms with Crippen LogP contribution in [0.2, 0.25) is 0 Å². The molecule has 2 aromatic carbocycles. The van der Waals surface area contributed by atoms with Gasteiger partial charge in [0, 0.05) is 12.2 Å². The highest BCUT2D eigenvalue weighted by Gasteiger charge is 2.40. The predicted molar refractivity (Wildman–Crippen MR) is 107 cm³/mol. The molecule has 0 spiro atoms. The van der Waals surface area contributed by atoms with Crippen molar-refractivity contribution >= 4 is 17.5 Å². The first-order valence-electron chi connectivity index (χ1n) is 9.82. The number of carbonyl (C=O) groups excluding carboxylic acids is 2. The lowest BCUT2D eigenvalue weighted by atomic mass is 9.99. The van der Waals surface area contributed by atoms with Crippen LogP contribution in [0.4, 0.5) is 5.69 Å². The van der Waals surface area contributed by atoms with E-state index in [1.807, 2.05) is 66.4 Å². The first-order valence-corrected chi connectivity index (χ1v) is 9.82. The molecule has 2 fully saturated rings. The van der Waals surface area contributed by atoms with E-state index in [9.17, 15) is 9.59 Å². The molecule has 2 aliphatic rings. The molecule has 146 valence electrons. The monoisotopic (exact) mass is 379 g/mol. The Bertz CT molecular complexity index is 838. The van der Waals surface area contributed by atoms with Crippen LogP contribution in [0.25, 0.3) is 0 Å². The van der Waals surface area contributed by atoms with Crippen LogP contribution in [0.1, 0.15) is 31.4 Å². The average Bonchev–Trinajstić information content (AvgIpc) is 2.86. The van der Waals surface area contributed by atoms with E-state index >= 15 is 0 Å². The van der Waals surface area contributed by atoms with Crippen LogP contribution < -0.4 is 9.64 Å². The minimum Gasteiger partial charge on any atom is -0.494 e. The second-order valence-electron chi connectivity index (χ2n) is 7.11. The van der Waals surface area contributed by atoms with Crippen molar-refractivity contribution in [3.05, 3.63) is 60.2 Å². The number of fused-ring (bicyclic) bond motifs is 1. The number of rotatable bonds is 4. The zero-order valence-electron chi connectivity index (χ0n) is 16.1. The van der Waals surface area contributed by atoms with Gasteiger partial charge in [-0.25, -0.2) is 10.0 Å². The molecular weight excluding hydrogens is 354 g/mol. The molecule has 2 saturated heterocycles. The number of hydrogen-bond acceptors (Lipinski definition) is 4. The highest BCUT2D eigenvalue weighted by atomic mass is 16.5. The number of ether oxygens (including phenoxy) is 1. The number of hydrogen-bond donors (Lipinski definition) is 0. The van der Waals surface area contributed by atoms with E-state index in [1.54, 1.807) is 10.0 Å². The largest absolute Gasteiger partial charge is 0.494 e. The summed E-state index contributed by atoms with van der Waals surface area (Å²) in [5, 5.41) is 3.34. The lowest BCUT2D eigenvalue weighted by Gasteiger charge is -2.43. The van der Waals surface area contributed by atoms with Gasteiger partial charge in [-0.1, -0.05) is 30.3 Å². The van der Waals surface area contributed by atoms with Gasteiger partial charge >= 0.3 is 0 Å². The zero-order valence-corrected chi connectivity index (χ0v) is 16.1. The Morgan fingerprint density at radius 2 is 1.68 bits per heavy atom. The molecule has 0 aromatic heterocycles. The molecule has 6 nitrogen and oxygen atoms in total. The quantitative estimate of drug-likeness (QED) is 0.820. The summed E-state index contributed by atoms with van der Waals surface area (Å²) >= 11 is 0. The van der Waals surface area contributed by atoms with Gasteiger partial charge in [0.05, 0.1) is 25.7 Å². The Morgan fingerprint density at radius 3 is 2.39 bits per heavy atom. The van der Waals surface area contributed by atoms with Crippen molar-refractivity contribution in [2.24, 2.45) is 0 Å². The Hall–Kier alpha value is -3.02. The molecule has 6 heteroatoms. The third kappa shape index (κ3) is 3.54.